The van der Waals surface area contributed by atoms with Crippen molar-refractivity contribution in [2.45, 2.75) is 37.4 Å². The van der Waals surface area contributed by atoms with Crippen LogP contribution in [0.2, 0.25) is 0 Å². The SMILES string of the molecule is NC1CC(=O)N(C2CC2)C1c1ccc2ccccc2n1. The molecule has 2 atom stereocenters. The number of carbonyl (C=O) groups excluding carboxylic acids is 1. The van der Waals surface area contributed by atoms with Crippen molar-refractivity contribution >= 4 is 16.8 Å². The lowest BCUT2D eigenvalue weighted by Crippen LogP contribution is -2.35. The van der Waals surface area contributed by atoms with Gasteiger partial charge in [0.05, 0.1) is 17.3 Å². The molecule has 1 aliphatic carbocycles. The van der Waals surface area contributed by atoms with Crippen LogP contribution in [0.25, 0.3) is 10.9 Å². The van der Waals surface area contributed by atoms with Gasteiger partial charge in [-0.25, -0.2) is 0 Å². The van der Waals surface area contributed by atoms with Gasteiger partial charge in [0, 0.05) is 23.9 Å². The summed E-state index contributed by atoms with van der Waals surface area (Å²) in [5.74, 6) is 0.181. The van der Waals surface area contributed by atoms with E-state index in [4.69, 9.17) is 10.7 Å². The number of carbonyl (C=O) groups is 1. The summed E-state index contributed by atoms with van der Waals surface area (Å²) in [6.07, 6.45) is 2.64. The molecule has 2 N–H and O–H groups in total. The Labute approximate surface area is 117 Å². The van der Waals surface area contributed by atoms with Crippen LogP contribution in [-0.4, -0.2) is 27.9 Å². The molecular weight excluding hydrogens is 250 g/mol. The maximum atomic E-state index is 12.1. The van der Waals surface area contributed by atoms with E-state index in [0.717, 1.165) is 29.4 Å². The van der Waals surface area contributed by atoms with Crippen molar-refractivity contribution < 1.29 is 4.79 Å². The molecular formula is C16H17N3O. The molecule has 4 nitrogen and oxygen atoms in total. The zero-order valence-electron chi connectivity index (χ0n) is 11.2. The highest BCUT2D eigenvalue weighted by atomic mass is 16.2. The zero-order chi connectivity index (χ0) is 13.7. The number of hydrogen-bond donors (Lipinski definition) is 1. The molecule has 0 bridgehead atoms. The normalized spacial score (nSPS) is 26.4. The molecule has 1 aliphatic heterocycles. The van der Waals surface area contributed by atoms with Crippen molar-refractivity contribution in [1.29, 1.82) is 0 Å². The number of pyridine rings is 1. The molecule has 1 amide bonds. The Kier molecular flexibility index (Phi) is 2.54. The third-order valence-electron chi connectivity index (χ3n) is 4.27. The summed E-state index contributed by atoms with van der Waals surface area (Å²) in [4.78, 5) is 18.8. The average molecular weight is 267 g/mol. The van der Waals surface area contributed by atoms with Gasteiger partial charge in [-0.2, -0.15) is 0 Å². The minimum Gasteiger partial charge on any atom is -0.329 e. The van der Waals surface area contributed by atoms with Crippen molar-refractivity contribution in [3.8, 4) is 0 Å². The first-order valence-corrected chi connectivity index (χ1v) is 7.16. The van der Waals surface area contributed by atoms with Crippen molar-refractivity contribution in [3.05, 3.63) is 42.1 Å². The van der Waals surface area contributed by atoms with Crippen LogP contribution >= 0.6 is 0 Å². The maximum Gasteiger partial charge on any atom is 0.225 e. The highest BCUT2D eigenvalue weighted by Gasteiger charge is 2.46. The minimum atomic E-state index is -0.142. The van der Waals surface area contributed by atoms with Gasteiger partial charge in [-0.05, 0) is 25.0 Å². The van der Waals surface area contributed by atoms with E-state index in [1.165, 1.54) is 0 Å². The van der Waals surface area contributed by atoms with Crippen LogP contribution in [-0.2, 0) is 4.79 Å². The second kappa shape index (κ2) is 4.28. The van der Waals surface area contributed by atoms with Crippen LogP contribution in [0, 0.1) is 0 Å². The number of aromatic nitrogens is 1. The first kappa shape index (κ1) is 11.9. The fourth-order valence-electron chi connectivity index (χ4n) is 3.17. The number of para-hydroxylation sites is 1. The van der Waals surface area contributed by atoms with Gasteiger partial charge in [0.15, 0.2) is 0 Å². The van der Waals surface area contributed by atoms with Crippen LogP contribution in [0.1, 0.15) is 31.0 Å². The first-order valence-electron chi connectivity index (χ1n) is 7.16. The van der Waals surface area contributed by atoms with Crippen LogP contribution in [0.4, 0.5) is 0 Å². The second-order valence-corrected chi connectivity index (χ2v) is 5.77. The Balaban J connectivity index is 1.78. The summed E-state index contributed by atoms with van der Waals surface area (Å²) in [6.45, 7) is 0. The Morgan fingerprint density at radius 3 is 2.75 bits per heavy atom. The van der Waals surface area contributed by atoms with E-state index in [9.17, 15) is 4.79 Å². The molecule has 2 fully saturated rings. The molecule has 4 heteroatoms. The number of likely N-dealkylation sites (tertiary alicyclic amines) is 1. The molecule has 20 heavy (non-hydrogen) atoms. The van der Waals surface area contributed by atoms with Crippen LogP contribution in [0.3, 0.4) is 0 Å². The molecule has 2 aromatic rings. The van der Waals surface area contributed by atoms with E-state index < -0.39 is 0 Å². The third-order valence-corrected chi connectivity index (χ3v) is 4.27. The summed E-state index contributed by atoms with van der Waals surface area (Å²) < 4.78 is 0. The molecule has 1 saturated heterocycles. The number of rotatable bonds is 2. The van der Waals surface area contributed by atoms with Gasteiger partial charge in [0.2, 0.25) is 5.91 Å². The quantitative estimate of drug-likeness (QED) is 0.905. The molecule has 2 heterocycles. The van der Waals surface area contributed by atoms with E-state index in [1.807, 2.05) is 35.2 Å². The zero-order valence-corrected chi connectivity index (χ0v) is 11.2. The largest absolute Gasteiger partial charge is 0.329 e. The highest BCUT2D eigenvalue weighted by molar-refractivity contribution is 5.82. The molecule has 0 radical (unpaired) electrons. The van der Waals surface area contributed by atoms with Crippen molar-refractivity contribution in [1.82, 2.24) is 9.88 Å². The van der Waals surface area contributed by atoms with Gasteiger partial charge in [-0.3, -0.25) is 9.78 Å². The van der Waals surface area contributed by atoms with Gasteiger partial charge < -0.3 is 10.6 Å². The van der Waals surface area contributed by atoms with Crippen LogP contribution < -0.4 is 5.73 Å². The second-order valence-electron chi connectivity index (χ2n) is 5.77. The Hall–Kier alpha value is -1.94. The predicted molar refractivity (Wildman–Crippen MR) is 76.9 cm³/mol. The molecule has 1 aromatic carbocycles. The Morgan fingerprint density at radius 2 is 1.95 bits per heavy atom. The summed E-state index contributed by atoms with van der Waals surface area (Å²) in [5.41, 5.74) is 8.09. The number of hydrogen-bond acceptors (Lipinski definition) is 3. The van der Waals surface area contributed by atoms with E-state index >= 15 is 0 Å². The average Bonchev–Trinajstić information content (AvgIpc) is 3.24. The van der Waals surface area contributed by atoms with Crippen LogP contribution in [0.5, 0.6) is 0 Å². The molecule has 2 unspecified atom stereocenters. The van der Waals surface area contributed by atoms with Crippen LogP contribution in [0.15, 0.2) is 36.4 Å². The molecule has 0 spiro atoms. The number of fused-ring (bicyclic) bond motifs is 1. The molecule has 2 aliphatic rings. The number of benzene rings is 1. The van der Waals surface area contributed by atoms with E-state index in [0.29, 0.717) is 12.5 Å². The lowest BCUT2D eigenvalue weighted by atomic mass is 10.0. The summed E-state index contributed by atoms with van der Waals surface area (Å²) in [5, 5.41) is 1.12. The smallest absolute Gasteiger partial charge is 0.225 e. The van der Waals surface area contributed by atoms with Crippen molar-refractivity contribution in [2.75, 3.05) is 0 Å². The lowest BCUT2D eigenvalue weighted by molar-refractivity contribution is -0.129. The fourth-order valence-corrected chi connectivity index (χ4v) is 3.17. The Bertz CT molecular complexity index is 680. The third kappa shape index (κ3) is 1.79. The monoisotopic (exact) mass is 267 g/mol. The van der Waals surface area contributed by atoms with Gasteiger partial charge in [-0.15, -0.1) is 0 Å². The van der Waals surface area contributed by atoms with E-state index in [1.54, 1.807) is 0 Å². The van der Waals surface area contributed by atoms with Gasteiger partial charge in [-0.1, -0.05) is 24.3 Å². The summed E-state index contributed by atoms with van der Waals surface area (Å²) in [7, 11) is 0. The first-order chi connectivity index (χ1) is 9.74. The number of nitrogens with zero attached hydrogens (tertiary/aromatic N) is 2. The van der Waals surface area contributed by atoms with Gasteiger partial charge in [0.1, 0.15) is 0 Å². The highest BCUT2D eigenvalue weighted by Crippen LogP contribution is 2.40. The molecule has 102 valence electrons. The van der Waals surface area contributed by atoms with Gasteiger partial charge >= 0.3 is 0 Å². The topological polar surface area (TPSA) is 59.2 Å². The minimum absolute atomic E-state index is 0.0559. The molecule has 4 rings (SSSR count). The van der Waals surface area contributed by atoms with Crippen molar-refractivity contribution in [2.24, 2.45) is 5.73 Å². The van der Waals surface area contributed by atoms with E-state index in [-0.39, 0.29) is 18.0 Å². The number of nitrogens with two attached hydrogens (primary N) is 1. The summed E-state index contributed by atoms with van der Waals surface area (Å²) >= 11 is 0. The summed E-state index contributed by atoms with van der Waals surface area (Å²) in [6, 6.07) is 12.3. The number of amides is 1. The van der Waals surface area contributed by atoms with E-state index in [2.05, 4.69) is 6.07 Å². The van der Waals surface area contributed by atoms with Crippen molar-refractivity contribution in [3.63, 3.8) is 0 Å². The predicted octanol–water partition coefficient (Wildman–Crippen LogP) is 2.00. The maximum absolute atomic E-state index is 12.1. The lowest BCUT2D eigenvalue weighted by Gasteiger charge is -2.26. The Morgan fingerprint density at radius 1 is 1.15 bits per heavy atom. The molecule has 1 saturated carbocycles. The van der Waals surface area contributed by atoms with Gasteiger partial charge in [0.25, 0.3) is 0 Å². The standard InChI is InChI=1S/C16H17N3O/c17-12-9-15(20)19(11-6-7-11)16(12)14-8-5-10-3-1-2-4-13(10)18-14/h1-5,8,11-12,16H,6-7,9,17H2. The fraction of sp³-hybridized carbons (Fsp3) is 0.375. The molecule has 1 aromatic heterocycles.